The molecular weight excluding hydrogens is 354 g/mol. The van der Waals surface area contributed by atoms with Gasteiger partial charge in [0.15, 0.2) is 11.8 Å². The van der Waals surface area contributed by atoms with Gasteiger partial charge in [-0.1, -0.05) is 19.3 Å². The summed E-state index contributed by atoms with van der Waals surface area (Å²) in [4.78, 5) is 18.9. The lowest BCUT2D eigenvalue weighted by Crippen LogP contribution is -2.49. The van der Waals surface area contributed by atoms with E-state index < -0.39 is 0 Å². The fourth-order valence-electron chi connectivity index (χ4n) is 4.24. The van der Waals surface area contributed by atoms with Crippen LogP contribution in [0.3, 0.4) is 0 Å². The van der Waals surface area contributed by atoms with E-state index in [9.17, 15) is 4.79 Å². The summed E-state index contributed by atoms with van der Waals surface area (Å²) >= 11 is 0. The summed E-state index contributed by atoms with van der Waals surface area (Å²) in [5.74, 6) is 2.93. The fraction of sp³-hybridized carbons (Fsp3) is 0.800. The summed E-state index contributed by atoms with van der Waals surface area (Å²) in [5, 5.41) is 15.6. The Morgan fingerprint density at radius 1 is 1.11 bits per heavy atom. The Balaban J connectivity index is 1.66. The van der Waals surface area contributed by atoms with E-state index in [1.54, 1.807) is 4.90 Å². The number of carbonyl (C=O) groups is 1. The Morgan fingerprint density at radius 2 is 1.79 bits per heavy atom. The summed E-state index contributed by atoms with van der Waals surface area (Å²) in [5.41, 5.74) is 0. The second-order valence-electron chi connectivity index (χ2n) is 8.45. The third-order valence-electron chi connectivity index (χ3n) is 6.06. The molecule has 2 atom stereocenters. The van der Waals surface area contributed by atoms with Gasteiger partial charge in [0.1, 0.15) is 12.4 Å². The second kappa shape index (κ2) is 9.39. The molecule has 0 bridgehead atoms. The molecule has 0 aromatic carbocycles. The maximum absolute atomic E-state index is 12.4. The Kier molecular flexibility index (Phi) is 6.91. The fourth-order valence-corrected chi connectivity index (χ4v) is 4.24. The number of amides is 1. The Hall–Kier alpha value is -2.12. The van der Waals surface area contributed by atoms with Crippen molar-refractivity contribution in [2.24, 2.45) is 18.0 Å². The molecule has 1 aromatic heterocycles. The molecule has 8 nitrogen and oxygen atoms in total. The number of nitrogens with zero attached hydrogens (tertiary/aromatic N) is 5. The minimum absolute atomic E-state index is 0.107. The van der Waals surface area contributed by atoms with Gasteiger partial charge < -0.3 is 20.1 Å². The Bertz CT molecular complexity index is 691. The lowest BCUT2D eigenvalue weighted by atomic mass is 9.85. The smallest absolute Gasteiger partial charge is 0.225 e. The van der Waals surface area contributed by atoms with Crippen LogP contribution in [0.4, 0.5) is 0 Å². The molecule has 2 saturated carbocycles. The van der Waals surface area contributed by atoms with E-state index >= 15 is 0 Å². The predicted molar refractivity (Wildman–Crippen MR) is 110 cm³/mol. The van der Waals surface area contributed by atoms with Gasteiger partial charge in [0, 0.05) is 39.1 Å². The molecule has 2 fully saturated rings. The number of nitrogens with one attached hydrogen (secondary N) is 2. The van der Waals surface area contributed by atoms with Gasteiger partial charge in [-0.3, -0.25) is 4.79 Å². The number of hydrogen-bond acceptors (Lipinski definition) is 4. The number of guanidine groups is 1. The van der Waals surface area contributed by atoms with Crippen molar-refractivity contribution in [3.05, 3.63) is 11.6 Å². The van der Waals surface area contributed by atoms with Crippen molar-refractivity contribution in [3.63, 3.8) is 0 Å². The normalized spacial score (nSPS) is 23.6. The summed E-state index contributed by atoms with van der Waals surface area (Å²) in [7, 11) is 5.66. The lowest BCUT2D eigenvalue weighted by Gasteiger charge is -2.32. The molecule has 2 aliphatic rings. The van der Waals surface area contributed by atoms with Crippen molar-refractivity contribution in [2.45, 2.75) is 76.9 Å². The molecule has 3 rings (SSSR count). The maximum Gasteiger partial charge on any atom is 0.225 e. The number of aromatic nitrogens is 3. The molecule has 2 aliphatic carbocycles. The van der Waals surface area contributed by atoms with Crippen LogP contribution < -0.4 is 10.6 Å². The first-order valence-electron chi connectivity index (χ1n) is 10.6. The van der Waals surface area contributed by atoms with Gasteiger partial charge in [-0.2, -0.15) is 0 Å². The Labute approximate surface area is 168 Å². The van der Waals surface area contributed by atoms with Gasteiger partial charge in [0.2, 0.25) is 5.91 Å². The first-order valence-corrected chi connectivity index (χ1v) is 10.6. The third-order valence-corrected chi connectivity index (χ3v) is 6.06. The van der Waals surface area contributed by atoms with E-state index in [4.69, 9.17) is 4.99 Å². The molecule has 0 aliphatic heterocycles. The van der Waals surface area contributed by atoms with Gasteiger partial charge in [0.05, 0.1) is 0 Å². The molecule has 2 N–H and O–H groups in total. The van der Waals surface area contributed by atoms with Gasteiger partial charge in [-0.25, -0.2) is 4.99 Å². The highest BCUT2D eigenvalue weighted by Gasteiger charge is 2.29. The van der Waals surface area contributed by atoms with Gasteiger partial charge in [-0.15, -0.1) is 10.2 Å². The van der Waals surface area contributed by atoms with E-state index in [0.717, 1.165) is 43.3 Å². The van der Waals surface area contributed by atoms with E-state index in [1.165, 1.54) is 25.7 Å². The monoisotopic (exact) mass is 389 g/mol. The number of carbonyl (C=O) groups excluding carboxylic acids is 1. The van der Waals surface area contributed by atoms with E-state index in [0.29, 0.717) is 12.6 Å². The zero-order valence-corrected chi connectivity index (χ0v) is 17.7. The van der Waals surface area contributed by atoms with Gasteiger partial charge in [-0.05, 0) is 39.0 Å². The van der Waals surface area contributed by atoms with E-state index in [2.05, 4.69) is 20.8 Å². The molecule has 8 heteroatoms. The van der Waals surface area contributed by atoms with Crippen LogP contribution >= 0.6 is 0 Å². The van der Waals surface area contributed by atoms with Crippen LogP contribution in [0.5, 0.6) is 0 Å². The predicted octanol–water partition coefficient (Wildman–Crippen LogP) is 1.75. The molecule has 0 spiro atoms. The van der Waals surface area contributed by atoms with Crippen LogP contribution in [-0.4, -0.2) is 57.7 Å². The van der Waals surface area contributed by atoms with Crippen molar-refractivity contribution in [2.75, 3.05) is 14.1 Å². The third kappa shape index (κ3) is 5.23. The van der Waals surface area contributed by atoms with Crippen molar-refractivity contribution in [1.82, 2.24) is 30.3 Å². The van der Waals surface area contributed by atoms with Gasteiger partial charge >= 0.3 is 0 Å². The number of aryl methyl sites for hydroxylation is 1. The quantitative estimate of drug-likeness (QED) is 0.592. The number of rotatable bonds is 5. The molecule has 1 aromatic rings. The van der Waals surface area contributed by atoms with Crippen molar-refractivity contribution >= 4 is 11.9 Å². The SMILES string of the molecule is Cc1nnc(CN=C(NC2CCCC2)NC2CCCC(C(=O)N(C)C)C2)n1C. The highest BCUT2D eigenvalue weighted by molar-refractivity contribution is 5.81. The average molecular weight is 390 g/mol. The molecular formula is C20H35N7O. The zero-order valence-electron chi connectivity index (χ0n) is 17.7. The molecule has 0 radical (unpaired) electrons. The Morgan fingerprint density at radius 3 is 2.43 bits per heavy atom. The molecule has 0 saturated heterocycles. The van der Waals surface area contributed by atoms with Crippen LogP contribution in [0.15, 0.2) is 4.99 Å². The van der Waals surface area contributed by atoms with Crippen LogP contribution in [0.2, 0.25) is 0 Å². The highest BCUT2D eigenvalue weighted by Crippen LogP contribution is 2.26. The number of hydrogen-bond donors (Lipinski definition) is 2. The van der Waals surface area contributed by atoms with E-state index in [-0.39, 0.29) is 17.9 Å². The zero-order chi connectivity index (χ0) is 20.1. The van der Waals surface area contributed by atoms with Crippen LogP contribution in [0, 0.1) is 12.8 Å². The standard InChI is InChI=1S/C20H35N7O/c1-14-24-25-18(27(14)4)13-21-20(22-16-9-5-6-10-16)23-17-11-7-8-15(12-17)19(28)26(2)3/h15-17H,5-13H2,1-4H3,(H2,21,22,23). The van der Waals surface area contributed by atoms with Crippen molar-refractivity contribution in [3.8, 4) is 0 Å². The lowest BCUT2D eigenvalue weighted by molar-refractivity contribution is -0.134. The molecule has 1 heterocycles. The average Bonchev–Trinajstić information content (AvgIpc) is 3.30. The molecule has 156 valence electrons. The van der Waals surface area contributed by atoms with Crippen LogP contribution in [0.25, 0.3) is 0 Å². The molecule has 2 unspecified atom stereocenters. The molecule has 28 heavy (non-hydrogen) atoms. The van der Waals surface area contributed by atoms with E-state index in [1.807, 2.05) is 32.6 Å². The second-order valence-corrected chi connectivity index (χ2v) is 8.45. The first-order chi connectivity index (χ1) is 13.4. The molecule has 1 amide bonds. The van der Waals surface area contributed by atoms with Crippen molar-refractivity contribution < 1.29 is 4.79 Å². The summed E-state index contributed by atoms with van der Waals surface area (Å²) < 4.78 is 1.98. The number of aliphatic imine (C=N–C) groups is 1. The minimum Gasteiger partial charge on any atom is -0.354 e. The summed E-state index contributed by atoms with van der Waals surface area (Å²) in [6.45, 7) is 2.44. The largest absolute Gasteiger partial charge is 0.354 e. The first kappa shape index (κ1) is 20.6. The van der Waals surface area contributed by atoms with Crippen LogP contribution in [-0.2, 0) is 18.4 Å². The van der Waals surface area contributed by atoms with Gasteiger partial charge in [0.25, 0.3) is 0 Å². The van der Waals surface area contributed by atoms with Crippen molar-refractivity contribution in [1.29, 1.82) is 0 Å². The van der Waals surface area contributed by atoms with Crippen LogP contribution in [0.1, 0.15) is 63.0 Å². The topological polar surface area (TPSA) is 87.4 Å². The minimum atomic E-state index is 0.107. The maximum atomic E-state index is 12.4. The summed E-state index contributed by atoms with van der Waals surface area (Å²) in [6, 6.07) is 0.756. The summed E-state index contributed by atoms with van der Waals surface area (Å²) in [6.07, 6.45) is 8.92. The highest BCUT2D eigenvalue weighted by atomic mass is 16.2.